The molecular formula is C28H58MoN2S4. The summed E-state index contributed by atoms with van der Waals surface area (Å²) >= 11 is 16.5. The fourth-order valence-corrected chi connectivity index (χ4v) is 3.33. The standard InChI is InChI=1S/2C13H27.2CH3NS2.Mo/c2*1-3-5-7-9-11-13-12-10-8-6-4-2;2*2-1(3)4;/h2*1,3-13H2,2H3;2*(H3,2,3,4);/q2*-1;;;+4/p-2. The molecule has 0 unspecified atom stereocenters. The molecule has 0 radical (unpaired) electrons. The summed E-state index contributed by atoms with van der Waals surface area (Å²) in [5.41, 5.74) is 9.31. The second-order valence-electron chi connectivity index (χ2n) is 8.71. The Morgan fingerprint density at radius 2 is 0.629 bits per heavy atom. The molecule has 0 aromatic carbocycles. The van der Waals surface area contributed by atoms with Crippen molar-refractivity contribution in [2.75, 3.05) is 0 Å². The number of nitrogens with two attached hydrogens (primary N) is 2. The predicted octanol–water partition coefficient (Wildman–Crippen LogP) is 9.81. The first-order valence-corrected chi connectivity index (χ1v) is 15.4. The minimum Gasteiger partial charge on any atom is -0.415 e. The molecule has 0 fully saturated rings. The first-order chi connectivity index (χ1) is 16.3. The van der Waals surface area contributed by atoms with E-state index >= 15 is 0 Å². The maximum Gasteiger partial charge on any atom is 4.00 e. The summed E-state index contributed by atoms with van der Waals surface area (Å²) in [7, 11) is 0. The summed E-state index contributed by atoms with van der Waals surface area (Å²) in [4.78, 5) is 0. The van der Waals surface area contributed by atoms with Crippen LogP contribution in [0.1, 0.15) is 155 Å². The van der Waals surface area contributed by atoms with Crippen LogP contribution in [0.5, 0.6) is 0 Å². The van der Waals surface area contributed by atoms with E-state index < -0.39 is 0 Å². The Hall–Kier alpha value is 0.908. The van der Waals surface area contributed by atoms with E-state index in [1.54, 1.807) is 0 Å². The van der Waals surface area contributed by atoms with E-state index in [-0.39, 0.29) is 29.7 Å². The van der Waals surface area contributed by atoms with Gasteiger partial charge < -0.3 is 75.0 Å². The van der Waals surface area contributed by atoms with Crippen LogP contribution in [0.3, 0.4) is 0 Å². The molecule has 0 rings (SSSR count). The fraction of sp³-hybridized carbons (Fsp3) is 0.857. The van der Waals surface area contributed by atoms with Crippen LogP contribution in [-0.2, 0) is 46.3 Å². The molecule has 0 aromatic heterocycles. The van der Waals surface area contributed by atoms with Gasteiger partial charge in [-0.2, -0.15) is 12.8 Å². The largest absolute Gasteiger partial charge is 4.00 e. The van der Waals surface area contributed by atoms with Crippen LogP contribution in [0.4, 0.5) is 0 Å². The van der Waals surface area contributed by atoms with Crippen molar-refractivity contribution in [3.8, 4) is 0 Å². The van der Waals surface area contributed by atoms with Gasteiger partial charge >= 0.3 is 21.1 Å². The molecule has 35 heavy (non-hydrogen) atoms. The van der Waals surface area contributed by atoms with E-state index in [1.165, 1.54) is 128 Å². The second-order valence-corrected chi connectivity index (χ2v) is 11.0. The molecule has 0 bridgehead atoms. The first kappa shape index (κ1) is 45.8. The number of hydrogen-bond donors (Lipinski definition) is 2. The van der Waals surface area contributed by atoms with E-state index in [9.17, 15) is 0 Å². The van der Waals surface area contributed by atoms with Crippen LogP contribution < -0.4 is 11.5 Å². The smallest absolute Gasteiger partial charge is 0.415 e. The number of hydrogen-bond acceptors (Lipinski definition) is 4. The van der Waals surface area contributed by atoms with Crippen LogP contribution in [0, 0.1) is 13.8 Å². The number of rotatable bonds is 20. The van der Waals surface area contributed by atoms with Gasteiger partial charge in [-0.3, -0.25) is 0 Å². The molecule has 4 N–H and O–H groups in total. The molecule has 0 aliphatic carbocycles. The van der Waals surface area contributed by atoms with E-state index in [1.807, 2.05) is 0 Å². The topological polar surface area (TPSA) is 52.0 Å². The SMILES string of the molecule is NC(=S)[S-].NC(=S)[S-].[CH2-]CCCCCCCCCCCC.[CH2-]CCCCCCCCCCCC.[Mo+4]. The molecule has 0 saturated heterocycles. The maximum atomic E-state index is 4.66. The van der Waals surface area contributed by atoms with Crippen molar-refractivity contribution >= 4 is 58.3 Å². The van der Waals surface area contributed by atoms with E-state index in [4.69, 9.17) is 0 Å². The van der Waals surface area contributed by atoms with Gasteiger partial charge in [-0.1, -0.05) is 151 Å². The maximum absolute atomic E-state index is 4.66. The van der Waals surface area contributed by atoms with E-state index in [0.717, 1.165) is 12.8 Å². The minimum absolute atomic E-state index is 0. The first-order valence-electron chi connectivity index (χ1n) is 13.8. The van der Waals surface area contributed by atoms with Gasteiger partial charge in [0.1, 0.15) is 0 Å². The van der Waals surface area contributed by atoms with Gasteiger partial charge in [-0.25, -0.2) is 0 Å². The fourth-order valence-electron chi connectivity index (χ4n) is 3.33. The molecule has 7 heteroatoms. The zero-order valence-corrected chi connectivity index (χ0v) is 28.4. The average Bonchev–Trinajstić information content (AvgIpc) is 2.77. The summed E-state index contributed by atoms with van der Waals surface area (Å²) in [6, 6.07) is 0. The van der Waals surface area contributed by atoms with Crippen molar-refractivity contribution < 1.29 is 21.1 Å². The summed E-state index contributed by atoms with van der Waals surface area (Å²) in [6.07, 6.45) is 30.7. The molecule has 0 aliphatic heterocycles. The van der Waals surface area contributed by atoms with Crippen LogP contribution in [0.2, 0.25) is 0 Å². The van der Waals surface area contributed by atoms with Crippen molar-refractivity contribution in [1.29, 1.82) is 0 Å². The average molecular weight is 647 g/mol. The molecule has 210 valence electrons. The third-order valence-electron chi connectivity index (χ3n) is 5.21. The zero-order valence-electron chi connectivity index (χ0n) is 23.2. The van der Waals surface area contributed by atoms with Crippen LogP contribution in [0.15, 0.2) is 0 Å². The summed E-state index contributed by atoms with van der Waals surface area (Å²) in [5, 5.41) is 0. The Morgan fingerprint density at radius 1 is 0.486 bits per heavy atom. The Balaban J connectivity index is -0.000000128. The van der Waals surface area contributed by atoms with Gasteiger partial charge in [0.05, 0.1) is 0 Å². The minimum atomic E-state index is 0. The quantitative estimate of drug-likeness (QED) is 0.0452. The summed E-state index contributed by atoms with van der Waals surface area (Å²) < 4.78 is 0.167. The van der Waals surface area contributed by atoms with E-state index in [0.29, 0.717) is 0 Å². The van der Waals surface area contributed by atoms with E-state index in [2.05, 4.69) is 88.9 Å². The van der Waals surface area contributed by atoms with Crippen molar-refractivity contribution in [2.24, 2.45) is 11.5 Å². The molecule has 0 aliphatic rings. The number of thiocarbonyl (C=S) groups is 2. The Morgan fingerprint density at radius 3 is 0.771 bits per heavy atom. The van der Waals surface area contributed by atoms with Crippen molar-refractivity contribution in [3.63, 3.8) is 0 Å². The number of unbranched alkanes of at least 4 members (excludes halogenated alkanes) is 20. The van der Waals surface area contributed by atoms with Gasteiger partial charge in [0.25, 0.3) is 0 Å². The molecule has 2 nitrogen and oxygen atoms in total. The predicted molar refractivity (Wildman–Crippen MR) is 172 cm³/mol. The Kier molecular flexibility index (Phi) is 62.9. The molecule has 0 saturated carbocycles. The third-order valence-corrected chi connectivity index (χ3v) is 5.21. The molecule has 0 atom stereocenters. The summed E-state index contributed by atoms with van der Waals surface area (Å²) in [5.74, 6) is 0. The van der Waals surface area contributed by atoms with Gasteiger partial charge in [0.2, 0.25) is 0 Å². The molecule has 0 heterocycles. The van der Waals surface area contributed by atoms with Gasteiger partial charge in [-0.15, -0.1) is 0 Å². The Bertz CT molecular complexity index is 311. The monoisotopic (exact) mass is 648 g/mol. The molecule has 0 spiro atoms. The second kappa shape index (κ2) is 48.0. The Labute approximate surface area is 258 Å². The van der Waals surface area contributed by atoms with Gasteiger partial charge in [-0.05, 0) is 0 Å². The zero-order chi connectivity index (χ0) is 26.7. The van der Waals surface area contributed by atoms with Gasteiger partial charge in [0, 0.05) is 0 Å². The normalized spacial score (nSPS) is 9.26. The van der Waals surface area contributed by atoms with Crippen molar-refractivity contribution in [2.45, 2.75) is 155 Å². The molecular weight excluding hydrogens is 589 g/mol. The third kappa shape index (κ3) is 86.5. The van der Waals surface area contributed by atoms with Crippen LogP contribution in [0.25, 0.3) is 0 Å². The van der Waals surface area contributed by atoms with Crippen molar-refractivity contribution in [1.82, 2.24) is 0 Å². The van der Waals surface area contributed by atoms with Crippen LogP contribution >= 0.6 is 24.4 Å². The van der Waals surface area contributed by atoms with Crippen LogP contribution in [-0.4, -0.2) is 8.64 Å². The van der Waals surface area contributed by atoms with Crippen molar-refractivity contribution in [3.05, 3.63) is 13.8 Å². The van der Waals surface area contributed by atoms with Gasteiger partial charge in [0.15, 0.2) is 0 Å². The summed E-state index contributed by atoms with van der Waals surface area (Å²) in [6.45, 7) is 12.3. The molecule has 0 aromatic rings. The molecule has 0 amide bonds.